The third-order valence-corrected chi connectivity index (χ3v) is 3.91. The number of carbonyl (C=O) groups excluding carboxylic acids is 1. The largest absolute Gasteiger partial charge is 0.395 e. The van der Waals surface area contributed by atoms with Gasteiger partial charge in [0.1, 0.15) is 0 Å². The van der Waals surface area contributed by atoms with Gasteiger partial charge >= 0.3 is 0 Å². The van der Waals surface area contributed by atoms with Gasteiger partial charge in [0.15, 0.2) is 0 Å². The Morgan fingerprint density at radius 1 is 1.24 bits per heavy atom. The number of hydrogen-bond donors (Lipinski definition) is 2. The van der Waals surface area contributed by atoms with E-state index in [9.17, 15) is 4.79 Å². The number of nitrogens with one attached hydrogen (secondary N) is 1. The van der Waals surface area contributed by atoms with Crippen molar-refractivity contribution in [2.45, 2.75) is 45.1 Å². The first-order chi connectivity index (χ1) is 10.3. The van der Waals surface area contributed by atoms with Crippen LogP contribution in [0.3, 0.4) is 0 Å². The Kier molecular flexibility index (Phi) is 6.30. The summed E-state index contributed by atoms with van der Waals surface area (Å²) in [6.45, 7) is 0.604. The molecule has 1 amide bonds. The molecule has 0 aromatic heterocycles. The predicted octanol–water partition coefficient (Wildman–Crippen LogP) is 2.62. The lowest BCUT2D eigenvalue weighted by atomic mass is 9.88. The van der Waals surface area contributed by atoms with E-state index in [1.165, 1.54) is 19.3 Å². The molecule has 1 aromatic carbocycles. The maximum absolute atomic E-state index is 12.2. The van der Waals surface area contributed by atoms with Crippen molar-refractivity contribution in [3.05, 3.63) is 35.4 Å². The van der Waals surface area contributed by atoms with Crippen LogP contribution in [-0.2, 0) is 11.3 Å². The molecule has 2 rings (SSSR count). The van der Waals surface area contributed by atoms with E-state index in [-0.39, 0.29) is 18.4 Å². The Bertz CT molecular complexity index is 522. The molecule has 0 atom stereocenters. The highest BCUT2D eigenvalue weighted by molar-refractivity contribution is 5.78. The first kappa shape index (κ1) is 15.6. The zero-order chi connectivity index (χ0) is 14.9. The maximum atomic E-state index is 12.2. The Morgan fingerprint density at radius 3 is 2.76 bits per heavy atom. The summed E-state index contributed by atoms with van der Waals surface area (Å²) >= 11 is 0. The number of aliphatic hydroxyl groups excluding tert-OH is 1. The van der Waals surface area contributed by atoms with Crippen molar-refractivity contribution in [1.82, 2.24) is 5.32 Å². The minimum atomic E-state index is 0.0770. The summed E-state index contributed by atoms with van der Waals surface area (Å²) in [5.74, 6) is 6.35. The summed E-state index contributed by atoms with van der Waals surface area (Å²) in [6, 6.07) is 7.84. The van der Waals surface area contributed by atoms with Crippen LogP contribution in [0.1, 0.15) is 49.7 Å². The van der Waals surface area contributed by atoms with Crippen LogP contribution in [-0.4, -0.2) is 17.6 Å². The van der Waals surface area contributed by atoms with Crippen LogP contribution in [0.25, 0.3) is 0 Å². The van der Waals surface area contributed by atoms with Crippen molar-refractivity contribution < 1.29 is 9.90 Å². The van der Waals surface area contributed by atoms with E-state index in [1.807, 2.05) is 24.3 Å². The zero-order valence-corrected chi connectivity index (χ0v) is 12.4. The highest BCUT2D eigenvalue weighted by Gasteiger charge is 2.20. The summed E-state index contributed by atoms with van der Waals surface area (Å²) in [7, 11) is 0. The van der Waals surface area contributed by atoms with Crippen molar-refractivity contribution in [1.29, 1.82) is 0 Å². The molecule has 1 aliphatic rings. The van der Waals surface area contributed by atoms with Crippen LogP contribution in [0.4, 0.5) is 0 Å². The van der Waals surface area contributed by atoms with Crippen molar-refractivity contribution in [2.24, 2.45) is 5.92 Å². The second kappa shape index (κ2) is 8.49. The van der Waals surface area contributed by atoms with Gasteiger partial charge in [-0.25, -0.2) is 0 Å². The Morgan fingerprint density at radius 2 is 2.00 bits per heavy atom. The molecule has 0 heterocycles. The van der Waals surface area contributed by atoms with Crippen LogP contribution >= 0.6 is 0 Å². The van der Waals surface area contributed by atoms with E-state index < -0.39 is 0 Å². The summed E-state index contributed by atoms with van der Waals surface area (Å²) in [6.07, 6.45) is 6.10. The van der Waals surface area contributed by atoms with Crippen LogP contribution in [0, 0.1) is 17.8 Å². The number of hydrogen-bond acceptors (Lipinski definition) is 2. The molecule has 0 unspecified atom stereocenters. The van der Waals surface area contributed by atoms with Gasteiger partial charge in [-0.1, -0.05) is 49.3 Å². The van der Waals surface area contributed by atoms with Crippen LogP contribution in [0.2, 0.25) is 0 Å². The molecule has 1 aliphatic carbocycles. The monoisotopic (exact) mass is 285 g/mol. The molecule has 3 heteroatoms. The molecule has 0 spiro atoms. The summed E-state index contributed by atoms with van der Waals surface area (Å²) in [5.41, 5.74) is 1.96. The second-order valence-corrected chi connectivity index (χ2v) is 5.49. The van der Waals surface area contributed by atoms with Crippen molar-refractivity contribution in [3.8, 4) is 11.8 Å². The van der Waals surface area contributed by atoms with Gasteiger partial charge in [0.2, 0.25) is 5.91 Å². The number of rotatable bonds is 4. The van der Waals surface area contributed by atoms with E-state index in [1.54, 1.807) is 0 Å². The van der Waals surface area contributed by atoms with Crippen molar-refractivity contribution in [2.75, 3.05) is 6.61 Å². The molecule has 0 radical (unpaired) electrons. The third kappa shape index (κ3) is 4.91. The molecular weight excluding hydrogens is 262 g/mol. The Hall–Kier alpha value is -1.79. The number of aliphatic hydroxyl groups is 1. The molecule has 2 N–H and O–H groups in total. The van der Waals surface area contributed by atoms with Gasteiger partial charge < -0.3 is 10.4 Å². The molecule has 0 aliphatic heterocycles. The zero-order valence-electron chi connectivity index (χ0n) is 12.4. The molecule has 21 heavy (non-hydrogen) atoms. The topological polar surface area (TPSA) is 49.3 Å². The van der Waals surface area contributed by atoms with Crippen molar-refractivity contribution >= 4 is 5.91 Å². The molecule has 1 fully saturated rings. The first-order valence-corrected chi connectivity index (χ1v) is 7.76. The van der Waals surface area contributed by atoms with Gasteiger partial charge in [-0.15, -0.1) is 0 Å². The lowest BCUT2D eigenvalue weighted by Gasteiger charge is -2.20. The average molecular weight is 285 g/mol. The third-order valence-electron chi connectivity index (χ3n) is 3.91. The minimum absolute atomic E-state index is 0.0770. The first-order valence-electron chi connectivity index (χ1n) is 7.76. The molecule has 0 bridgehead atoms. The lowest BCUT2D eigenvalue weighted by Crippen LogP contribution is -2.31. The summed E-state index contributed by atoms with van der Waals surface area (Å²) < 4.78 is 0. The smallest absolute Gasteiger partial charge is 0.223 e. The quantitative estimate of drug-likeness (QED) is 0.836. The van der Waals surface area contributed by atoms with Crippen LogP contribution in [0.15, 0.2) is 24.3 Å². The Balaban J connectivity index is 1.93. The molecule has 0 saturated heterocycles. The van der Waals surface area contributed by atoms with E-state index >= 15 is 0 Å². The standard InChI is InChI=1S/C18H23NO2/c20-13-7-6-9-15-8-4-5-12-17(15)14-19-18(21)16-10-2-1-3-11-16/h4-5,8,12,16,20H,1-3,7,10-11,13-14H2,(H,19,21). The van der Waals surface area contributed by atoms with Crippen LogP contribution < -0.4 is 5.32 Å². The maximum Gasteiger partial charge on any atom is 0.223 e. The average Bonchev–Trinajstić information content (AvgIpc) is 2.54. The normalized spacial score (nSPS) is 15.1. The fraction of sp³-hybridized carbons (Fsp3) is 0.500. The fourth-order valence-electron chi connectivity index (χ4n) is 2.70. The molecule has 1 aromatic rings. The SMILES string of the molecule is O=C(NCc1ccccc1C#CCCO)C1CCCCC1. The molecule has 1 saturated carbocycles. The number of benzene rings is 1. The Labute approximate surface area is 126 Å². The fourth-order valence-corrected chi connectivity index (χ4v) is 2.70. The number of amides is 1. The molecule has 112 valence electrons. The van der Waals surface area contributed by atoms with Gasteiger partial charge in [-0.05, 0) is 24.5 Å². The lowest BCUT2D eigenvalue weighted by molar-refractivity contribution is -0.126. The highest BCUT2D eigenvalue weighted by atomic mass is 16.2. The van der Waals surface area contributed by atoms with E-state index in [0.29, 0.717) is 13.0 Å². The van der Waals surface area contributed by atoms with Gasteiger partial charge in [-0.2, -0.15) is 0 Å². The van der Waals surface area contributed by atoms with Gasteiger partial charge in [-0.3, -0.25) is 4.79 Å². The van der Waals surface area contributed by atoms with E-state index in [2.05, 4.69) is 17.2 Å². The van der Waals surface area contributed by atoms with E-state index in [4.69, 9.17) is 5.11 Å². The summed E-state index contributed by atoms with van der Waals surface area (Å²) in [5, 5.41) is 11.8. The molecule has 3 nitrogen and oxygen atoms in total. The van der Waals surface area contributed by atoms with Crippen molar-refractivity contribution in [3.63, 3.8) is 0 Å². The molecular formula is C18H23NO2. The minimum Gasteiger partial charge on any atom is -0.395 e. The summed E-state index contributed by atoms with van der Waals surface area (Å²) in [4.78, 5) is 12.2. The predicted molar refractivity (Wildman–Crippen MR) is 83.4 cm³/mol. The van der Waals surface area contributed by atoms with Gasteiger partial charge in [0, 0.05) is 24.4 Å². The van der Waals surface area contributed by atoms with Crippen LogP contribution in [0.5, 0.6) is 0 Å². The van der Waals surface area contributed by atoms with E-state index in [0.717, 1.165) is 24.0 Å². The number of carbonyl (C=O) groups is 1. The van der Waals surface area contributed by atoms with Gasteiger partial charge in [0.05, 0.1) is 6.61 Å². The second-order valence-electron chi connectivity index (χ2n) is 5.49. The van der Waals surface area contributed by atoms with Gasteiger partial charge in [0.25, 0.3) is 0 Å². The highest BCUT2D eigenvalue weighted by Crippen LogP contribution is 2.23.